The molecule has 0 radical (unpaired) electrons. The molecule has 1 aromatic carbocycles. The lowest BCUT2D eigenvalue weighted by molar-refractivity contribution is 0.102. The Bertz CT molecular complexity index is 963. The van der Waals surface area contributed by atoms with E-state index in [2.05, 4.69) is 37.2 Å². The van der Waals surface area contributed by atoms with Gasteiger partial charge in [-0.25, -0.2) is 9.37 Å². The van der Waals surface area contributed by atoms with Crippen molar-refractivity contribution < 1.29 is 9.18 Å². The third kappa shape index (κ3) is 5.18. The second-order valence-corrected chi connectivity index (χ2v) is 7.34. The molecule has 1 aliphatic heterocycles. The average Bonchev–Trinajstić information content (AvgIpc) is 3.01. The number of pyridine rings is 2. The molecule has 0 unspecified atom stereocenters. The summed E-state index contributed by atoms with van der Waals surface area (Å²) in [5.41, 5.74) is 2.29. The highest BCUT2D eigenvalue weighted by Crippen LogP contribution is 2.18. The Kier molecular flexibility index (Phi) is 6.29. The minimum Gasteiger partial charge on any atom is -0.355 e. The van der Waals surface area contributed by atoms with E-state index >= 15 is 0 Å². The Morgan fingerprint density at radius 1 is 0.967 bits per heavy atom. The highest BCUT2D eigenvalue weighted by atomic mass is 19.1. The molecule has 2 aromatic heterocycles. The molecule has 1 saturated heterocycles. The first-order valence-electron chi connectivity index (χ1n) is 10.1. The van der Waals surface area contributed by atoms with Crippen LogP contribution < -0.4 is 10.2 Å². The van der Waals surface area contributed by atoms with E-state index in [0.717, 1.165) is 45.0 Å². The van der Waals surface area contributed by atoms with Crippen LogP contribution >= 0.6 is 0 Å². The molecule has 3 heterocycles. The van der Waals surface area contributed by atoms with Gasteiger partial charge in [0.2, 0.25) is 0 Å². The van der Waals surface area contributed by atoms with E-state index in [9.17, 15) is 9.18 Å². The van der Waals surface area contributed by atoms with Gasteiger partial charge in [-0.3, -0.25) is 14.7 Å². The monoisotopic (exact) mass is 405 g/mol. The number of hydrogen-bond acceptors (Lipinski definition) is 5. The van der Waals surface area contributed by atoms with Crippen molar-refractivity contribution in [2.75, 3.05) is 36.4 Å². The molecule has 154 valence electrons. The van der Waals surface area contributed by atoms with Crippen molar-refractivity contribution in [1.29, 1.82) is 0 Å². The van der Waals surface area contributed by atoms with Crippen LogP contribution in [0.15, 0.2) is 67.1 Å². The van der Waals surface area contributed by atoms with Gasteiger partial charge >= 0.3 is 0 Å². The minimum absolute atomic E-state index is 0.286. The first-order chi connectivity index (χ1) is 14.7. The zero-order valence-corrected chi connectivity index (χ0v) is 16.7. The van der Waals surface area contributed by atoms with E-state index < -0.39 is 0 Å². The maximum Gasteiger partial charge on any atom is 0.255 e. The Labute approximate surface area is 175 Å². The molecule has 0 spiro atoms. The van der Waals surface area contributed by atoms with E-state index in [-0.39, 0.29) is 11.7 Å². The molecular formula is C23H24FN5O. The first kappa shape index (κ1) is 20.0. The van der Waals surface area contributed by atoms with E-state index in [4.69, 9.17) is 0 Å². The summed E-state index contributed by atoms with van der Waals surface area (Å²) in [4.78, 5) is 25.6. The lowest BCUT2D eigenvalue weighted by Gasteiger charge is -2.23. The van der Waals surface area contributed by atoms with Gasteiger partial charge in [-0.15, -0.1) is 0 Å². The Morgan fingerprint density at radius 2 is 1.77 bits per heavy atom. The van der Waals surface area contributed by atoms with E-state index in [0.29, 0.717) is 11.3 Å². The van der Waals surface area contributed by atoms with Crippen LogP contribution in [0.1, 0.15) is 22.3 Å². The van der Waals surface area contributed by atoms with Gasteiger partial charge in [-0.2, -0.15) is 0 Å². The number of aromatic nitrogens is 2. The van der Waals surface area contributed by atoms with Gasteiger partial charge in [0.15, 0.2) is 0 Å². The van der Waals surface area contributed by atoms with Crippen molar-refractivity contribution in [1.82, 2.24) is 14.9 Å². The van der Waals surface area contributed by atoms with Gasteiger partial charge in [-0.1, -0.05) is 0 Å². The van der Waals surface area contributed by atoms with Gasteiger partial charge in [0.25, 0.3) is 5.91 Å². The molecule has 7 heteroatoms. The molecule has 3 aromatic rings. The molecule has 0 saturated carbocycles. The molecule has 0 atom stereocenters. The summed E-state index contributed by atoms with van der Waals surface area (Å²) in [6, 6.07) is 13.4. The van der Waals surface area contributed by atoms with Crippen LogP contribution in [0.3, 0.4) is 0 Å². The minimum atomic E-state index is -0.366. The van der Waals surface area contributed by atoms with Crippen molar-refractivity contribution in [3.63, 3.8) is 0 Å². The molecule has 30 heavy (non-hydrogen) atoms. The number of anilines is 2. The molecule has 0 aliphatic carbocycles. The van der Waals surface area contributed by atoms with Crippen molar-refractivity contribution in [3.05, 3.63) is 84.1 Å². The zero-order chi connectivity index (χ0) is 20.8. The van der Waals surface area contributed by atoms with Crippen LogP contribution in [0.25, 0.3) is 0 Å². The molecule has 6 nitrogen and oxygen atoms in total. The second kappa shape index (κ2) is 9.45. The average molecular weight is 405 g/mol. The summed E-state index contributed by atoms with van der Waals surface area (Å²) in [7, 11) is 0. The molecule has 1 amide bonds. The number of hydrogen-bond donors (Lipinski definition) is 1. The van der Waals surface area contributed by atoms with E-state index in [1.165, 1.54) is 29.8 Å². The van der Waals surface area contributed by atoms with Crippen LogP contribution in [0, 0.1) is 5.82 Å². The highest BCUT2D eigenvalue weighted by Gasteiger charge is 2.16. The smallest absolute Gasteiger partial charge is 0.255 e. The summed E-state index contributed by atoms with van der Waals surface area (Å²) in [6.07, 6.45) is 6.39. The van der Waals surface area contributed by atoms with Crippen LogP contribution in [0.4, 0.5) is 15.9 Å². The summed E-state index contributed by atoms with van der Waals surface area (Å²) in [5, 5.41) is 2.80. The van der Waals surface area contributed by atoms with Gasteiger partial charge in [0.1, 0.15) is 11.6 Å². The highest BCUT2D eigenvalue weighted by molar-refractivity contribution is 6.04. The van der Waals surface area contributed by atoms with Crippen molar-refractivity contribution in [2.24, 2.45) is 0 Å². The van der Waals surface area contributed by atoms with Crippen LogP contribution in [0.2, 0.25) is 0 Å². The number of nitrogens with zero attached hydrogens (tertiary/aromatic N) is 4. The molecule has 4 rings (SSSR count). The number of carbonyl (C=O) groups is 1. The maximum absolute atomic E-state index is 13.0. The predicted molar refractivity (Wildman–Crippen MR) is 115 cm³/mol. The van der Waals surface area contributed by atoms with Crippen molar-refractivity contribution >= 4 is 17.4 Å². The fourth-order valence-electron chi connectivity index (χ4n) is 3.56. The van der Waals surface area contributed by atoms with Crippen LogP contribution in [0.5, 0.6) is 0 Å². The Morgan fingerprint density at radius 3 is 2.50 bits per heavy atom. The van der Waals surface area contributed by atoms with E-state index in [1.807, 2.05) is 24.5 Å². The molecular weight excluding hydrogens is 381 g/mol. The summed E-state index contributed by atoms with van der Waals surface area (Å²) in [5.74, 6) is 0.251. The standard InChI is InChI=1S/C23H24FN5O/c24-20-4-2-19(3-5-20)23(30)27-21-6-7-22(26-16-21)29-13-1-12-28(14-15-29)17-18-8-10-25-11-9-18/h2-11,16H,1,12-15,17H2,(H,27,30). The van der Waals surface area contributed by atoms with Crippen molar-refractivity contribution in [2.45, 2.75) is 13.0 Å². The number of benzene rings is 1. The van der Waals surface area contributed by atoms with Crippen LogP contribution in [-0.4, -0.2) is 47.0 Å². The van der Waals surface area contributed by atoms with Gasteiger partial charge in [0, 0.05) is 50.7 Å². The van der Waals surface area contributed by atoms with Crippen LogP contribution in [-0.2, 0) is 6.54 Å². The number of rotatable bonds is 5. The molecule has 0 bridgehead atoms. The number of amides is 1. The predicted octanol–water partition coefficient (Wildman–Crippen LogP) is 3.58. The number of carbonyl (C=O) groups excluding carboxylic acids is 1. The SMILES string of the molecule is O=C(Nc1ccc(N2CCCN(Cc3ccncc3)CC2)nc1)c1ccc(F)cc1. The molecule has 1 fully saturated rings. The Hall–Kier alpha value is -3.32. The quantitative estimate of drug-likeness (QED) is 0.703. The van der Waals surface area contributed by atoms with Gasteiger partial charge in [-0.05, 0) is 60.5 Å². The maximum atomic E-state index is 13.0. The summed E-state index contributed by atoms with van der Waals surface area (Å²) in [6.45, 7) is 4.79. The lowest BCUT2D eigenvalue weighted by atomic mass is 10.2. The summed E-state index contributed by atoms with van der Waals surface area (Å²) >= 11 is 0. The van der Waals surface area contributed by atoms with Gasteiger partial charge < -0.3 is 10.2 Å². The van der Waals surface area contributed by atoms with E-state index in [1.54, 1.807) is 6.20 Å². The third-order valence-electron chi connectivity index (χ3n) is 5.18. The summed E-state index contributed by atoms with van der Waals surface area (Å²) < 4.78 is 13.0. The molecule has 1 N–H and O–H groups in total. The van der Waals surface area contributed by atoms with Crippen molar-refractivity contribution in [3.8, 4) is 0 Å². The lowest BCUT2D eigenvalue weighted by Crippen LogP contribution is -2.31. The number of nitrogens with one attached hydrogen (secondary N) is 1. The first-order valence-corrected chi connectivity index (χ1v) is 10.1. The topological polar surface area (TPSA) is 61.4 Å². The second-order valence-electron chi connectivity index (χ2n) is 7.34. The molecule has 1 aliphatic rings. The normalized spacial score (nSPS) is 14.9. The third-order valence-corrected chi connectivity index (χ3v) is 5.18. The van der Waals surface area contributed by atoms with Gasteiger partial charge in [0.05, 0.1) is 11.9 Å². The number of halogens is 1. The largest absolute Gasteiger partial charge is 0.355 e. The fraction of sp³-hybridized carbons (Fsp3) is 0.261. The zero-order valence-electron chi connectivity index (χ0n) is 16.7. The Balaban J connectivity index is 1.33. The fourth-order valence-corrected chi connectivity index (χ4v) is 3.56.